The molecule has 0 bridgehead atoms. The first-order valence-electron chi connectivity index (χ1n) is 19.8. The second kappa shape index (κ2) is 12.9. The van der Waals surface area contributed by atoms with Crippen molar-refractivity contribution in [2.75, 3.05) is 0 Å². The maximum absolute atomic E-state index is 5.52. The van der Waals surface area contributed by atoms with Crippen LogP contribution in [0.3, 0.4) is 0 Å². The van der Waals surface area contributed by atoms with Crippen molar-refractivity contribution in [2.24, 2.45) is 5.92 Å². The van der Waals surface area contributed by atoms with Gasteiger partial charge in [0.05, 0.1) is 33.5 Å². The Bertz CT molecular complexity index is 3100. The summed E-state index contributed by atoms with van der Waals surface area (Å²) >= 11 is 0. The molecule has 0 amide bonds. The fraction of sp³-hybridized carbons (Fsp3) is 0.115. The lowest BCUT2D eigenvalue weighted by Gasteiger charge is -2.23. The van der Waals surface area contributed by atoms with Crippen molar-refractivity contribution < 1.29 is 0 Å². The number of hydrogen-bond acceptors (Lipinski definition) is 2. The number of nitrogens with zero attached hydrogens (tertiary/aromatic N) is 4. The second-order valence-corrected chi connectivity index (χ2v) is 15.5. The van der Waals surface area contributed by atoms with Crippen LogP contribution in [0.15, 0.2) is 164 Å². The number of allylic oxidation sites excluding steroid dienone is 5. The van der Waals surface area contributed by atoms with Gasteiger partial charge in [-0.3, -0.25) is 0 Å². The smallest absolute Gasteiger partial charge is 0.160 e. The monoisotopic (exact) mass is 720 g/mol. The number of benzene rings is 6. The molecular weight excluding hydrogens is 681 g/mol. The predicted octanol–water partition coefficient (Wildman–Crippen LogP) is 13.5. The van der Waals surface area contributed by atoms with Crippen LogP contribution in [0.2, 0.25) is 0 Å². The highest BCUT2D eigenvalue weighted by Crippen LogP contribution is 2.45. The standard InChI is InChI=1S/C52H40N4/c1-33-15-11-20-37(31-33)50-43-26-12-16-34(2)49(43)53-52(54-50)42-25-14-28-45-47(42)41-29-30-46-48(40-24-9-10-27-44(40)55(46)38-21-7-4-8-22-38)51(41)56(45)39-23-13-19-36(32-39)35-17-5-3-6-18-35/h3-15,17-30,32-34H,16,31H2,1-2H3. The molecule has 0 fully saturated rings. The van der Waals surface area contributed by atoms with Gasteiger partial charge in [-0.1, -0.05) is 141 Å². The van der Waals surface area contributed by atoms with Gasteiger partial charge in [0.1, 0.15) is 0 Å². The van der Waals surface area contributed by atoms with Gasteiger partial charge in [-0.25, -0.2) is 9.97 Å². The van der Waals surface area contributed by atoms with Crippen LogP contribution < -0.4 is 0 Å². The van der Waals surface area contributed by atoms with E-state index in [-0.39, 0.29) is 0 Å². The van der Waals surface area contributed by atoms with Gasteiger partial charge in [-0.2, -0.15) is 0 Å². The molecule has 4 nitrogen and oxygen atoms in total. The lowest BCUT2D eigenvalue weighted by atomic mass is 9.86. The summed E-state index contributed by atoms with van der Waals surface area (Å²) < 4.78 is 4.90. The van der Waals surface area contributed by atoms with Crippen LogP contribution in [0.4, 0.5) is 0 Å². The van der Waals surface area contributed by atoms with Gasteiger partial charge in [0.25, 0.3) is 0 Å². The first-order valence-corrected chi connectivity index (χ1v) is 19.8. The minimum Gasteiger partial charge on any atom is -0.309 e. The summed E-state index contributed by atoms with van der Waals surface area (Å²) in [5, 5.41) is 4.81. The first kappa shape index (κ1) is 32.6. The minimum atomic E-state index is 0.303. The van der Waals surface area contributed by atoms with E-state index in [0.717, 1.165) is 52.5 Å². The summed E-state index contributed by atoms with van der Waals surface area (Å²) in [6.45, 7) is 4.58. The van der Waals surface area contributed by atoms with Crippen molar-refractivity contribution in [3.8, 4) is 33.9 Å². The zero-order valence-electron chi connectivity index (χ0n) is 31.5. The van der Waals surface area contributed by atoms with Gasteiger partial charge in [-0.05, 0) is 77.9 Å². The lowest BCUT2D eigenvalue weighted by molar-refractivity contribution is 0.726. The third-order valence-electron chi connectivity index (χ3n) is 11.9. The lowest BCUT2D eigenvalue weighted by Crippen LogP contribution is -2.11. The average molecular weight is 721 g/mol. The summed E-state index contributed by atoms with van der Waals surface area (Å²) in [6.07, 6.45) is 13.2. The van der Waals surface area contributed by atoms with Crippen molar-refractivity contribution in [1.82, 2.24) is 19.1 Å². The maximum Gasteiger partial charge on any atom is 0.160 e. The molecule has 2 unspecified atom stereocenters. The Morgan fingerprint density at radius 1 is 0.607 bits per heavy atom. The highest BCUT2D eigenvalue weighted by atomic mass is 15.0. The van der Waals surface area contributed by atoms with E-state index in [1.54, 1.807) is 0 Å². The topological polar surface area (TPSA) is 35.6 Å². The fourth-order valence-corrected chi connectivity index (χ4v) is 9.28. The molecule has 6 aromatic carbocycles. The van der Waals surface area contributed by atoms with Crippen LogP contribution in [0.1, 0.15) is 49.6 Å². The summed E-state index contributed by atoms with van der Waals surface area (Å²) in [7, 11) is 0. The average Bonchev–Trinajstić information content (AvgIpc) is 3.77. The molecule has 11 rings (SSSR count). The normalized spacial score (nSPS) is 16.6. The summed E-state index contributed by atoms with van der Waals surface area (Å²) in [5.74, 6) is 1.55. The third kappa shape index (κ3) is 5.06. The van der Waals surface area contributed by atoms with Crippen LogP contribution in [-0.2, 0) is 0 Å². The Morgan fingerprint density at radius 2 is 1.34 bits per heavy atom. The van der Waals surface area contributed by atoms with Crippen molar-refractivity contribution in [2.45, 2.75) is 32.6 Å². The van der Waals surface area contributed by atoms with Gasteiger partial charge in [0.2, 0.25) is 0 Å². The van der Waals surface area contributed by atoms with Crippen LogP contribution in [0.25, 0.3) is 89.2 Å². The molecule has 0 saturated carbocycles. The van der Waals surface area contributed by atoms with E-state index in [2.05, 4.69) is 193 Å². The SMILES string of the molecule is CC1C=CC=C(c2nc(-c3cccc4c3c3ccc5c(c6ccccc6n5-c5ccccc5)c3n4-c3cccc(-c4ccccc4)c3)nc3c2C=CCC3C)C1. The summed E-state index contributed by atoms with van der Waals surface area (Å²) in [5.41, 5.74) is 15.0. The Morgan fingerprint density at radius 3 is 2.20 bits per heavy atom. The highest BCUT2D eigenvalue weighted by Gasteiger charge is 2.27. The Balaban J connectivity index is 1.27. The van der Waals surface area contributed by atoms with E-state index in [0.29, 0.717) is 11.8 Å². The predicted molar refractivity (Wildman–Crippen MR) is 235 cm³/mol. The zero-order valence-corrected chi connectivity index (χ0v) is 31.5. The summed E-state index contributed by atoms with van der Waals surface area (Å²) in [6, 6.07) is 50.6. The highest BCUT2D eigenvalue weighted by molar-refractivity contribution is 6.28. The zero-order chi connectivity index (χ0) is 37.3. The van der Waals surface area contributed by atoms with Gasteiger partial charge in [0.15, 0.2) is 5.82 Å². The molecule has 0 N–H and O–H groups in total. The molecule has 9 aromatic rings. The molecule has 56 heavy (non-hydrogen) atoms. The molecule has 2 atom stereocenters. The molecule has 0 spiro atoms. The van der Waals surface area contributed by atoms with Crippen molar-refractivity contribution in [3.63, 3.8) is 0 Å². The molecule has 4 heteroatoms. The first-order chi connectivity index (χ1) is 27.6. The number of aromatic nitrogens is 4. The number of para-hydroxylation sites is 2. The Kier molecular flexibility index (Phi) is 7.53. The maximum atomic E-state index is 5.52. The van der Waals surface area contributed by atoms with E-state index in [9.17, 15) is 0 Å². The largest absolute Gasteiger partial charge is 0.309 e. The molecule has 3 aromatic heterocycles. The van der Waals surface area contributed by atoms with Crippen LogP contribution in [0.5, 0.6) is 0 Å². The molecule has 2 aliphatic rings. The van der Waals surface area contributed by atoms with E-state index in [1.807, 2.05) is 0 Å². The molecule has 3 heterocycles. The molecule has 0 radical (unpaired) electrons. The van der Waals surface area contributed by atoms with Gasteiger partial charge in [-0.15, -0.1) is 0 Å². The summed E-state index contributed by atoms with van der Waals surface area (Å²) in [4.78, 5) is 11.0. The second-order valence-electron chi connectivity index (χ2n) is 15.5. The van der Waals surface area contributed by atoms with E-state index < -0.39 is 0 Å². The number of rotatable bonds is 5. The van der Waals surface area contributed by atoms with Crippen LogP contribution in [0, 0.1) is 5.92 Å². The third-order valence-corrected chi connectivity index (χ3v) is 11.9. The van der Waals surface area contributed by atoms with Crippen molar-refractivity contribution in [1.29, 1.82) is 0 Å². The quantitative estimate of drug-likeness (QED) is 0.177. The van der Waals surface area contributed by atoms with Crippen LogP contribution >= 0.6 is 0 Å². The number of fused-ring (bicyclic) bond motifs is 8. The van der Waals surface area contributed by atoms with Gasteiger partial charge < -0.3 is 9.13 Å². The molecule has 2 aliphatic carbocycles. The van der Waals surface area contributed by atoms with Crippen LogP contribution in [-0.4, -0.2) is 19.1 Å². The van der Waals surface area contributed by atoms with Crippen molar-refractivity contribution >= 4 is 55.3 Å². The number of hydrogen-bond donors (Lipinski definition) is 0. The van der Waals surface area contributed by atoms with E-state index in [1.165, 1.54) is 60.4 Å². The fourth-order valence-electron chi connectivity index (χ4n) is 9.28. The van der Waals surface area contributed by atoms with E-state index >= 15 is 0 Å². The van der Waals surface area contributed by atoms with Gasteiger partial charge >= 0.3 is 0 Å². The minimum absolute atomic E-state index is 0.303. The van der Waals surface area contributed by atoms with E-state index in [4.69, 9.17) is 9.97 Å². The Hall–Kier alpha value is -6.78. The molecular formula is C52H40N4. The van der Waals surface area contributed by atoms with Gasteiger partial charge in [0, 0.05) is 50.0 Å². The molecule has 0 saturated heterocycles. The van der Waals surface area contributed by atoms with Crippen molar-refractivity contribution in [3.05, 3.63) is 181 Å². The molecule has 268 valence electrons. The molecule has 0 aliphatic heterocycles. The Labute approximate surface area is 326 Å².